The topological polar surface area (TPSA) is 51.0 Å². The lowest BCUT2D eigenvalue weighted by Gasteiger charge is -2.21. The second kappa shape index (κ2) is 9.15. The number of thioether (sulfide) groups is 1. The predicted octanol–water partition coefficient (Wildman–Crippen LogP) is 6.94. The van der Waals surface area contributed by atoms with Crippen LogP contribution in [-0.4, -0.2) is 20.4 Å². The van der Waals surface area contributed by atoms with Gasteiger partial charge in [-0.1, -0.05) is 54.2 Å². The van der Waals surface area contributed by atoms with Crippen LogP contribution >= 0.6 is 23.1 Å². The van der Waals surface area contributed by atoms with Crippen LogP contribution in [0, 0.1) is 13.8 Å². The minimum absolute atomic E-state index is 0.0333. The number of nitrogens with zero attached hydrogens (tertiary/aromatic N) is 4. The van der Waals surface area contributed by atoms with Crippen molar-refractivity contribution in [3.8, 4) is 11.3 Å². The minimum Gasteiger partial charge on any atom is -0.316 e. The number of aryl methyl sites for hydroxylation is 1. The van der Waals surface area contributed by atoms with Crippen molar-refractivity contribution < 1.29 is 4.79 Å². The SMILES string of the molecule is CC(=O)N(c1nc(CSc2ncc(-c3ccccc3)n2C2CC2)cs1)c1cccc(C)c1C. The van der Waals surface area contributed by atoms with E-state index in [9.17, 15) is 4.79 Å². The Balaban J connectivity index is 1.37. The second-order valence-corrected chi connectivity index (χ2v) is 10.2. The highest BCUT2D eigenvalue weighted by atomic mass is 32.2. The zero-order valence-electron chi connectivity index (χ0n) is 19.0. The van der Waals surface area contributed by atoms with Gasteiger partial charge in [-0.15, -0.1) is 11.3 Å². The minimum atomic E-state index is -0.0333. The molecule has 0 unspecified atom stereocenters. The van der Waals surface area contributed by atoms with Gasteiger partial charge in [0.25, 0.3) is 0 Å². The molecule has 4 aromatic rings. The van der Waals surface area contributed by atoms with Gasteiger partial charge >= 0.3 is 0 Å². The van der Waals surface area contributed by atoms with Crippen LogP contribution in [-0.2, 0) is 10.5 Å². The Hall–Kier alpha value is -2.90. The van der Waals surface area contributed by atoms with Crippen molar-refractivity contribution in [2.45, 2.75) is 50.6 Å². The van der Waals surface area contributed by atoms with Crippen LogP contribution < -0.4 is 4.90 Å². The first-order chi connectivity index (χ1) is 16.0. The molecule has 0 atom stereocenters. The van der Waals surface area contributed by atoms with Crippen LogP contribution in [0.25, 0.3) is 11.3 Å². The first-order valence-electron chi connectivity index (χ1n) is 11.1. The van der Waals surface area contributed by atoms with Crippen molar-refractivity contribution in [3.63, 3.8) is 0 Å². The summed E-state index contributed by atoms with van der Waals surface area (Å²) in [4.78, 5) is 23.8. The molecule has 5 rings (SSSR count). The van der Waals surface area contributed by atoms with E-state index in [0.717, 1.165) is 27.7 Å². The van der Waals surface area contributed by atoms with Crippen LogP contribution in [0.1, 0.15) is 42.6 Å². The Morgan fingerprint density at radius 3 is 2.67 bits per heavy atom. The Labute approximate surface area is 202 Å². The quantitative estimate of drug-likeness (QED) is 0.272. The molecule has 2 aromatic heterocycles. The van der Waals surface area contributed by atoms with Gasteiger partial charge in [0.15, 0.2) is 10.3 Å². The normalized spacial score (nSPS) is 13.3. The number of carbonyl (C=O) groups excluding carboxylic acids is 1. The maximum atomic E-state index is 12.5. The molecule has 168 valence electrons. The zero-order valence-corrected chi connectivity index (χ0v) is 20.6. The van der Waals surface area contributed by atoms with Crippen molar-refractivity contribution >= 4 is 39.8 Å². The summed E-state index contributed by atoms with van der Waals surface area (Å²) in [6.45, 7) is 5.70. The highest BCUT2D eigenvalue weighted by molar-refractivity contribution is 7.98. The lowest BCUT2D eigenvalue weighted by molar-refractivity contribution is -0.115. The van der Waals surface area contributed by atoms with E-state index in [2.05, 4.69) is 41.8 Å². The van der Waals surface area contributed by atoms with Gasteiger partial charge in [-0.3, -0.25) is 9.69 Å². The summed E-state index contributed by atoms with van der Waals surface area (Å²) in [6.07, 6.45) is 4.39. The first kappa shape index (κ1) is 21.9. The van der Waals surface area contributed by atoms with Crippen LogP contribution in [0.15, 0.2) is 65.3 Å². The standard InChI is InChI=1S/C26H26N4OS2/c1-17-8-7-11-23(18(17)2)29(19(3)31)26-28-21(16-33-26)15-32-25-27-14-24(30(25)22-12-13-22)20-9-5-4-6-10-20/h4-11,14,16,22H,12-13,15H2,1-3H3. The summed E-state index contributed by atoms with van der Waals surface area (Å²) >= 11 is 3.22. The highest BCUT2D eigenvalue weighted by Crippen LogP contribution is 2.42. The molecule has 1 aliphatic carbocycles. The number of rotatable bonds is 7. The third-order valence-corrected chi connectivity index (χ3v) is 7.83. The molecule has 33 heavy (non-hydrogen) atoms. The molecule has 0 aliphatic heterocycles. The van der Waals surface area contributed by atoms with Gasteiger partial charge in [0.1, 0.15) is 0 Å². The van der Waals surface area contributed by atoms with Gasteiger partial charge in [0.05, 0.1) is 23.3 Å². The second-order valence-electron chi connectivity index (χ2n) is 8.38. The molecule has 1 fully saturated rings. The van der Waals surface area contributed by atoms with Gasteiger partial charge in [-0.05, 0) is 49.4 Å². The molecule has 0 spiro atoms. The molecule has 0 N–H and O–H groups in total. The maximum absolute atomic E-state index is 12.5. The van der Waals surface area contributed by atoms with Crippen molar-refractivity contribution in [2.75, 3.05) is 4.90 Å². The molecule has 1 aliphatic rings. The molecular weight excluding hydrogens is 448 g/mol. The predicted molar refractivity (Wildman–Crippen MR) is 136 cm³/mol. The van der Waals surface area contributed by atoms with Gasteiger partial charge < -0.3 is 4.57 Å². The summed E-state index contributed by atoms with van der Waals surface area (Å²) in [6, 6.07) is 17.0. The number of amides is 1. The highest BCUT2D eigenvalue weighted by Gasteiger charge is 2.29. The molecule has 0 bridgehead atoms. The van der Waals surface area contributed by atoms with E-state index in [4.69, 9.17) is 9.97 Å². The number of hydrogen-bond acceptors (Lipinski definition) is 5. The van der Waals surface area contributed by atoms with Crippen molar-refractivity contribution in [3.05, 3.63) is 76.9 Å². The van der Waals surface area contributed by atoms with Crippen LogP contribution in [0.5, 0.6) is 0 Å². The molecule has 1 saturated carbocycles. The molecule has 7 heteroatoms. The Morgan fingerprint density at radius 2 is 1.94 bits per heavy atom. The maximum Gasteiger partial charge on any atom is 0.230 e. The summed E-state index contributed by atoms with van der Waals surface area (Å²) in [5, 5.41) is 3.79. The van der Waals surface area contributed by atoms with E-state index >= 15 is 0 Å². The fourth-order valence-electron chi connectivity index (χ4n) is 3.95. The zero-order chi connectivity index (χ0) is 22.9. The van der Waals surface area contributed by atoms with Gasteiger partial charge in [0, 0.05) is 24.1 Å². The van der Waals surface area contributed by atoms with E-state index in [1.807, 2.05) is 36.7 Å². The van der Waals surface area contributed by atoms with Crippen LogP contribution in [0.3, 0.4) is 0 Å². The van der Waals surface area contributed by atoms with Crippen molar-refractivity contribution in [2.24, 2.45) is 0 Å². The van der Waals surface area contributed by atoms with E-state index in [0.29, 0.717) is 16.9 Å². The van der Waals surface area contributed by atoms with Crippen LogP contribution in [0.2, 0.25) is 0 Å². The van der Waals surface area contributed by atoms with Crippen molar-refractivity contribution in [1.29, 1.82) is 0 Å². The summed E-state index contributed by atoms with van der Waals surface area (Å²) in [5.41, 5.74) is 6.49. The average molecular weight is 475 g/mol. The summed E-state index contributed by atoms with van der Waals surface area (Å²) < 4.78 is 2.38. The molecule has 0 radical (unpaired) electrons. The fourth-order valence-corrected chi connectivity index (χ4v) is 5.87. The third kappa shape index (κ3) is 4.48. The largest absolute Gasteiger partial charge is 0.316 e. The lowest BCUT2D eigenvalue weighted by Crippen LogP contribution is -2.23. The Morgan fingerprint density at radius 1 is 1.15 bits per heavy atom. The van der Waals surface area contributed by atoms with Gasteiger partial charge in [0.2, 0.25) is 5.91 Å². The van der Waals surface area contributed by atoms with Gasteiger partial charge in [-0.2, -0.15) is 0 Å². The number of thiazole rings is 1. The third-order valence-electron chi connectivity index (χ3n) is 5.96. The summed E-state index contributed by atoms with van der Waals surface area (Å²) in [5.74, 6) is 0.682. The molecule has 5 nitrogen and oxygen atoms in total. The number of benzene rings is 2. The number of carbonyl (C=O) groups is 1. The molecular formula is C26H26N4OS2. The summed E-state index contributed by atoms with van der Waals surface area (Å²) in [7, 11) is 0. The fraction of sp³-hybridized carbons (Fsp3) is 0.269. The Kier molecular flexibility index (Phi) is 6.08. The molecule has 1 amide bonds. The number of aromatic nitrogens is 3. The first-order valence-corrected chi connectivity index (χ1v) is 13.0. The van der Waals surface area contributed by atoms with E-state index in [1.54, 1.807) is 23.6 Å². The Bertz CT molecular complexity index is 1290. The van der Waals surface area contributed by atoms with E-state index in [1.165, 1.54) is 35.4 Å². The average Bonchev–Trinajstić information content (AvgIpc) is 3.39. The monoisotopic (exact) mass is 474 g/mol. The molecule has 2 heterocycles. The van der Waals surface area contributed by atoms with E-state index in [-0.39, 0.29) is 5.91 Å². The van der Waals surface area contributed by atoms with Gasteiger partial charge in [-0.25, -0.2) is 9.97 Å². The van der Waals surface area contributed by atoms with Crippen LogP contribution in [0.4, 0.5) is 10.8 Å². The lowest BCUT2D eigenvalue weighted by atomic mass is 10.1. The molecule has 2 aromatic carbocycles. The number of hydrogen-bond donors (Lipinski definition) is 0. The molecule has 0 saturated heterocycles. The van der Waals surface area contributed by atoms with E-state index < -0.39 is 0 Å². The number of imidazole rings is 1. The van der Waals surface area contributed by atoms with Crippen molar-refractivity contribution in [1.82, 2.24) is 14.5 Å². The smallest absolute Gasteiger partial charge is 0.230 e. The number of anilines is 2.